The number of rotatable bonds is 2. The fourth-order valence-electron chi connectivity index (χ4n) is 1.15. The van der Waals surface area contributed by atoms with Gasteiger partial charge in [0.2, 0.25) is 0 Å². The van der Waals surface area contributed by atoms with Gasteiger partial charge in [-0.25, -0.2) is 10.0 Å². The molecule has 0 saturated carbocycles. The predicted octanol–water partition coefficient (Wildman–Crippen LogP) is 2.14. The van der Waals surface area contributed by atoms with E-state index in [2.05, 4.69) is 4.98 Å². The van der Waals surface area contributed by atoms with E-state index in [1.807, 2.05) is 51.9 Å². The monoisotopic (exact) mass is 209 g/mol. The smallest absolute Gasteiger partial charge is 0.154 e. The summed E-state index contributed by atoms with van der Waals surface area (Å²) in [6.45, 7) is 5.78. The molecule has 0 aliphatic heterocycles. The van der Waals surface area contributed by atoms with Gasteiger partial charge in [0.25, 0.3) is 0 Å². The Hall–Kier alpha value is -1.29. The summed E-state index contributed by atoms with van der Waals surface area (Å²) in [4.78, 5) is 6.11. The average molecular weight is 209 g/mol. The van der Waals surface area contributed by atoms with Crippen LogP contribution in [0.2, 0.25) is 0 Å². The summed E-state index contributed by atoms with van der Waals surface area (Å²) >= 11 is 0. The second-order valence-electron chi connectivity index (χ2n) is 4.75. The summed E-state index contributed by atoms with van der Waals surface area (Å²) < 4.78 is 0. The topological polar surface area (TPSA) is 39.6 Å². The molecule has 15 heavy (non-hydrogen) atoms. The molecule has 0 radical (unpaired) electrons. The molecule has 1 rings (SSSR count). The lowest BCUT2D eigenvalue weighted by molar-refractivity contribution is 0.178. The van der Waals surface area contributed by atoms with Crippen molar-refractivity contribution < 1.29 is 5.21 Å². The van der Waals surface area contributed by atoms with Crippen LogP contribution in [0.4, 0.5) is 11.5 Å². The molecule has 0 unspecified atom stereocenters. The Labute approximate surface area is 91.1 Å². The molecule has 0 saturated heterocycles. The van der Waals surface area contributed by atoms with E-state index in [-0.39, 0.29) is 5.54 Å². The molecule has 1 N–H and O–H groups in total. The Bertz CT molecular complexity index is 331. The van der Waals surface area contributed by atoms with Gasteiger partial charge in [0.15, 0.2) is 5.82 Å². The summed E-state index contributed by atoms with van der Waals surface area (Å²) in [5.74, 6) is 0.564. The van der Waals surface area contributed by atoms with Gasteiger partial charge in [0, 0.05) is 32.0 Å². The highest BCUT2D eigenvalue weighted by atomic mass is 16.5. The molecule has 4 nitrogen and oxygen atoms in total. The van der Waals surface area contributed by atoms with Crippen molar-refractivity contribution in [1.29, 1.82) is 0 Å². The van der Waals surface area contributed by atoms with Crippen LogP contribution in [-0.4, -0.2) is 29.8 Å². The van der Waals surface area contributed by atoms with Gasteiger partial charge in [-0.3, -0.25) is 5.21 Å². The quantitative estimate of drug-likeness (QED) is 0.757. The Kier molecular flexibility index (Phi) is 3.19. The number of anilines is 2. The summed E-state index contributed by atoms with van der Waals surface area (Å²) in [6.07, 6.45) is 1.69. The van der Waals surface area contributed by atoms with Crippen LogP contribution in [0, 0.1) is 0 Å². The molecule has 0 aliphatic carbocycles. The lowest BCUT2D eigenvalue weighted by atomic mass is 10.1. The molecular formula is C11H19N3O. The SMILES string of the molecule is CN(C)c1ccnc(N(O)C(C)(C)C)c1. The van der Waals surface area contributed by atoms with Crippen LogP contribution in [0.15, 0.2) is 18.3 Å². The number of pyridine rings is 1. The van der Waals surface area contributed by atoms with E-state index in [4.69, 9.17) is 0 Å². The highest BCUT2D eigenvalue weighted by molar-refractivity contribution is 5.53. The van der Waals surface area contributed by atoms with Crippen molar-refractivity contribution >= 4 is 11.5 Å². The first-order valence-electron chi connectivity index (χ1n) is 4.95. The maximum atomic E-state index is 9.92. The van der Waals surface area contributed by atoms with Crippen molar-refractivity contribution in [2.24, 2.45) is 0 Å². The van der Waals surface area contributed by atoms with E-state index >= 15 is 0 Å². The van der Waals surface area contributed by atoms with E-state index in [1.165, 1.54) is 5.06 Å². The van der Waals surface area contributed by atoms with E-state index in [9.17, 15) is 5.21 Å². The molecule has 0 aliphatic rings. The number of hydrogen-bond acceptors (Lipinski definition) is 4. The third-order valence-electron chi connectivity index (χ3n) is 2.10. The lowest BCUT2D eigenvalue weighted by Crippen LogP contribution is -2.39. The van der Waals surface area contributed by atoms with E-state index < -0.39 is 0 Å². The summed E-state index contributed by atoms with van der Waals surface area (Å²) in [5.41, 5.74) is 0.668. The maximum absolute atomic E-state index is 9.92. The van der Waals surface area contributed by atoms with Crippen LogP contribution in [0.25, 0.3) is 0 Å². The molecule has 0 spiro atoms. The molecule has 0 amide bonds. The zero-order valence-corrected chi connectivity index (χ0v) is 10.0. The molecule has 1 aromatic heterocycles. The first kappa shape index (κ1) is 11.8. The Morgan fingerprint density at radius 3 is 2.33 bits per heavy atom. The minimum absolute atomic E-state index is 0.349. The van der Waals surface area contributed by atoms with Crippen LogP contribution in [-0.2, 0) is 0 Å². The van der Waals surface area contributed by atoms with Crippen LogP contribution in [0.1, 0.15) is 20.8 Å². The minimum atomic E-state index is -0.349. The molecule has 0 atom stereocenters. The van der Waals surface area contributed by atoms with Crippen molar-refractivity contribution in [2.75, 3.05) is 24.1 Å². The Balaban J connectivity index is 3.00. The molecule has 0 bridgehead atoms. The third-order valence-corrected chi connectivity index (χ3v) is 2.10. The van der Waals surface area contributed by atoms with Crippen molar-refractivity contribution in [3.05, 3.63) is 18.3 Å². The fraction of sp³-hybridized carbons (Fsp3) is 0.545. The fourth-order valence-corrected chi connectivity index (χ4v) is 1.15. The van der Waals surface area contributed by atoms with Crippen LogP contribution in [0.3, 0.4) is 0 Å². The van der Waals surface area contributed by atoms with Gasteiger partial charge in [-0.15, -0.1) is 0 Å². The normalized spacial score (nSPS) is 11.3. The number of nitrogens with zero attached hydrogens (tertiary/aromatic N) is 3. The summed E-state index contributed by atoms with van der Waals surface area (Å²) in [5, 5.41) is 11.1. The van der Waals surface area contributed by atoms with Crippen LogP contribution < -0.4 is 9.96 Å². The number of hydrogen-bond donors (Lipinski definition) is 1. The molecule has 0 fully saturated rings. The van der Waals surface area contributed by atoms with Crippen molar-refractivity contribution in [3.63, 3.8) is 0 Å². The van der Waals surface area contributed by atoms with Gasteiger partial charge in [-0.1, -0.05) is 0 Å². The zero-order chi connectivity index (χ0) is 11.6. The zero-order valence-electron chi connectivity index (χ0n) is 10.0. The standard InChI is InChI=1S/C11H19N3O/c1-11(2,3)14(15)10-8-9(13(4)5)6-7-12-10/h6-8,15H,1-5H3. The van der Waals surface area contributed by atoms with E-state index in [1.54, 1.807) is 6.20 Å². The van der Waals surface area contributed by atoms with Crippen molar-refractivity contribution in [2.45, 2.75) is 26.3 Å². The maximum Gasteiger partial charge on any atom is 0.154 e. The average Bonchev–Trinajstić information content (AvgIpc) is 2.15. The molecule has 4 heteroatoms. The molecule has 1 heterocycles. The number of aromatic nitrogens is 1. The molecular weight excluding hydrogens is 190 g/mol. The van der Waals surface area contributed by atoms with Gasteiger partial charge in [0.1, 0.15) is 0 Å². The molecule has 84 valence electrons. The lowest BCUT2D eigenvalue weighted by Gasteiger charge is -2.30. The highest BCUT2D eigenvalue weighted by Crippen LogP contribution is 2.22. The largest absolute Gasteiger partial charge is 0.378 e. The Morgan fingerprint density at radius 1 is 1.27 bits per heavy atom. The van der Waals surface area contributed by atoms with Crippen molar-refractivity contribution in [1.82, 2.24) is 4.98 Å². The summed E-state index contributed by atoms with van der Waals surface area (Å²) in [7, 11) is 3.91. The first-order valence-corrected chi connectivity index (χ1v) is 4.95. The van der Waals surface area contributed by atoms with E-state index in [0.29, 0.717) is 5.82 Å². The predicted molar refractivity (Wildman–Crippen MR) is 62.6 cm³/mol. The van der Waals surface area contributed by atoms with Crippen LogP contribution in [0.5, 0.6) is 0 Å². The van der Waals surface area contributed by atoms with Gasteiger partial charge in [-0.05, 0) is 26.8 Å². The van der Waals surface area contributed by atoms with Gasteiger partial charge in [-0.2, -0.15) is 0 Å². The molecule has 0 aromatic carbocycles. The van der Waals surface area contributed by atoms with Gasteiger partial charge in [0.05, 0.1) is 5.54 Å². The third kappa shape index (κ3) is 2.83. The molecule has 1 aromatic rings. The second kappa shape index (κ2) is 4.06. The highest BCUT2D eigenvalue weighted by Gasteiger charge is 2.21. The Morgan fingerprint density at radius 2 is 1.87 bits per heavy atom. The van der Waals surface area contributed by atoms with Crippen molar-refractivity contribution in [3.8, 4) is 0 Å². The first-order chi connectivity index (χ1) is 6.82. The number of hydroxylamine groups is 1. The van der Waals surface area contributed by atoms with Gasteiger partial charge < -0.3 is 4.90 Å². The minimum Gasteiger partial charge on any atom is -0.378 e. The van der Waals surface area contributed by atoms with E-state index in [0.717, 1.165) is 5.69 Å². The summed E-state index contributed by atoms with van der Waals surface area (Å²) in [6, 6.07) is 3.76. The van der Waals surface area contributed by atoms with Gasteiger partial charge >= 0.3 is 0 Å². The van der Waals surface area contributed by atoms with Crippen LogP contribution >= 0.6 is 0 Å². The second-order valence-corrected chi connectivity index (χ2v) is 4.75.